The lowest BCUT2D eigenvalue weighted by Crippen LogP contribution is -2.41. The molecule has 124 valence electrons. The molecule has 8 nitrogen and oxygen atoms in total. The molecule has 0 bridgehead atoms. The van der Waals surface area contributed by atoms with E-state index in [9.17, 15) is 15.3 Å². The summed E-state index contributed by atoms with van der Waals surface area (Å²) in [5.74, 6) is 0.196. The van der Waals surface area contributed by atoms with E-state index >= 15 is 0 Å². The number of hydrogen-bond acceptors (Lipinski definition) is 7. The molecular weight excluding hydrogens is 290 g/mol. The van der Waals surface area contributed by atoms with Crippen molar-refractivity contribution >= 4 is 0 Å². The summed E-state index contributed by atoms with van der Waals surface area (Å²) < 4.78 is 12.1. The molecule has 8 heteroatoms. The number of aliphatic hydroxyl groups is 3. The van der Waals surface area contributed by atoms with Gasteiger partial charge in [-0.3, -0.25) is 0 Å². The first-order valence-electron chi connectivity index (χ1n) is 7.24. The van der Waals surface area contributed by atoms with E-state index in [0.717, 1.165) is 18.2 Å². The maximum absolute atomic E-state index is 10.1. The summed E-state index contributed by atoms with van der Waals surface area (Å²) in [6.07, 6.45) is -0.583. The Labute approximate surface area is 129 Å². The molecule has 4 atom stereocenters. The smallest absolute Gasteiger partial charge is 0.216 e. The second kappa shape index (κ2) is 7.19. The van der Waals surface area contributed by atoms with E-state index in [4.69, 9.17) is 9.47 Å². The van der Waals surface area contributed by atoms with Gasteiger partial charge in [-0.05, 0) is 18.4 Å². The van der Waals surface area contributed by atoms with E-state index in [0.29, 0.717) is 5.92 Å². The Bertz CT molecular complexity index is 516. The topological polar surface area (TPSA) is 110 Å². The average molecular weight is 313 g/mol. The number of nitrogens with zero attached hydrogens (tertiary/aromatic N) is 3. The van der Waals surface area contributed by atoms with Gasteiger partial charge in [0, 0.05) is 13.3 Å². The van der Waals surface area contributed by atoms with Gasteiger partial charge in [0.2, 0.25) is 6.29 Å². The van der Waals surface area contributed by atoms with Gasteiger partial charge in [-0.15, -0.1) is 5.10 Å². The molecule has 3 N–H and O–H groups in total. The first-order valence-corrected chi connectivity index (χ1v) is 7.24. The summed E-state index contributed by atoms with van der Waals surface area (Å²) in [5, 5.41) is 37.8. The van der Waals surface area contributed by atoms with Crippen LogP contribution in [0.5, 0.6) is 0 Å². The zero-order chi connectivity index (χ0) is 16.3. The van der Waals surface area contributed by atoms with Crippen molar-refractivity contribution in [2.24, 2.45) is 5.92 Å². The molecule has 0 aliphatic carbocycles. The van der Waals surface area contributed by atoms with E-state index in [2.05, 4.69) is 24.2 Å². The minimum atomic E-state index is -1.25. The molecule has 2 heterocycles. The van der Waals surface area contributed by atoms with Gasteiger partial charge in [-0.2, -0.15) is 0 Å². The van der Waals surface area contributed by atoms with Gasteiger partial charge in [0.1, 0.15) is 24.1 Å². The predicted molar refractivity (Wildman–Crippen MR) is 77.0 cm³/mol. The van der Waals surface area contributed by atoms with Crippen molar-refractivity contribution in [1.29, 1.82) is 0 Å². The van der Waals surface area contributed by atoms with Crippen molar-refractivity contribution in [3.63, 3.8) is 0 Å². The SMILES string of the molecule is CO[C@H]1O[C@H](Cn2cc(CC(C)C)nn2)[C@@H](O)[C@H](O)C=C1O. The summed E-state index contributed by atoms with van der Waals surface area (Å²) in [7, 11) is 1.37. The molecule has 0 amide bonds. The van der Waals surface area contributed by atoms with E-state index < -0.39 is 24.6 Å². The first-order chi connectivity index (χ1) is 10.4. The molecule has 1 aliphatic rings. The second-order valence-electron chi connectivity index (χ2n) is 5.84. The van der Waals surface area contributed by atoms with Crippen LogP contribution < -0.4 is 0 Å². The highest BCUT2D eigenvalue weighted by Gasteiger charge is 2.34. The second-order valence-corrected chi connectivity index (χ2v) is 5.84. The summed E-state index contributed by atoms with van der Waals surface area (Å²) in [5.41, 5.74) is 0.850. The fraction of sp³-hybridized carbons (Fsp3) is 0.714. The van der Waals surface area contributed by atoms with Crippen molar-refractivity contribution in [3.05, 3.63) is 23.7 Å². The zero-order valence-corrected chi connectivity index (χ0v) is 13.0. The van der Waals surface area contributed by atoms with Crippen LogP contribution in [0.1, 0.15) is 19.5 Å². The molecule has 0 radical (unpaired) electrons. The van der Waals surface area contributed by atoms with Crippen molar-refractivity contribution in [2.45, 2.75) is 51.4 Å². The molecule has 0 aromatic carbocycles. The number of rotatable bonds is 5. The van der Waals surface area contributed by atoms with Gasteiger partial charge in [0.25, 0.3) is 0 Å². The van der Waals surface area contributed by atoms with Gasteiger partial charge in [0.15, 0.2) is 0 Å². The molecule has 22 heavy (non-hydrogen) atoms. The van der Waals surface area contributed by atoms with Gasteiger partial charge < -0.3 is 24.8 Å². The van der Waals surface area contributed by atoms with Crippen LogP contribution in [0.4, 0.5) is 0 Å². The van der Waals surface area contributed by atoms with Crippen LogP contribution in [0.2, 0.25) is 0 Å². The Morgan fingerprint density at radius 1 is 1.41 bits per heavy atom. The molecule has 0 saturated heterocycles. The van der Waals surface area contributed by atoms with Crippen molar-refractivity contribution in [1.82, 2.24) is 15.0 Å². The Balaban J connectivity index is 2.08. The van der Waals surface area contributed by atoms with Crippen LogP contribution in [0.25, 0.3) is 0 Å². The fourth-order valence-electron chi connectivity index (χ4n) is 2.33. The summed E-state index contributed by atoms with van der Waals surface area (Å²) in [4.78, 5) is 0. The van der Waals surface area contributed by atoms with E-state index in [1.165, 1.54) is 7.11 Å². The molecular formula is C14H23N3O5. The third-order valence-corrected chi connectivity index (χ3v) is 3.40. The molecule has 0 unspecified atom stereocenters. The molecule has 0 saturated carbocycles. The molecule has 0 spiro atoms. The van der Waals surface area contributed by atoms with Crippen LogP contribution in [-0.2, 0) is 22.4 Å². The Morgan fingerprint density at radius 2 is 2.14 bits per heavy atom. The first kappa shape index (κ1) is 16.9. The maximum atomic E-state index is 10.1. The molecule has 1 aliphatic heterocycles. The zero-order valence-electron chi connectivity index (χ0n) is 13.0. The van der Waals surface area contributed by atoms with Crippen molar-refractivity contribution in [2.75, 3.05) is 7.11 Å². The minimum Gasteiger partial charge on any atom is -0.507 e. The lowest BCUT2D eigenvalue weighted by molar-refractivity contribution is -0.179. The van der Waals surface area contributed by atoms with Crippen LogP contribution in [0, 0.1) is 5.92 Å². The van der Waals surface area contributed by atoms with Gasteiger partial charge >= 0.3 is 0 Å². The molecule has 1 aromatic heterocycles. The molecule has 2 rings (SSSR count). The Hall–Kier alpha value is -1.48. The lowest BCUT2D eigenvalue weighted by Gasteiger charge is -2.25. The number of methoxy groups -OCH3 is 1. The average Bonchev–Trinajstić information content (AvgIpc) is 2.84. The van der Waals surface area contributed by atoms with Crippen LogP contribution in [-0.4, -0.2) is 62.0 Å². The van der Waals surface area contributed by atoms with Crippen molar-refractivity contribution in [3.8, 4) is 0 Å². The molecule has 0 fully saturated rings. The maximum Gasteiger partial charge on any atom is 0.216 e. The monoisotopic (exact) mass is 313 g/mol. The van der Waals surface area contributed by atoms with E-state index in [1.54, 1.807) is 10.9 Å². The molecule has 1 aromatic rings. The third kappa shape index (κ3) is 4.04. The third-order valence-electron chi connectivity index (χ3n) is 3.40. The largest absolute Gasteiger partial charge is 0.507 e. The minimum absolute atomic E-state index is 0.185. The number of aromatic nitrogens is 3. The van der Waals surface area contributed by atoms with Gasteiger partial charge in [0.05, 0.1) is 12.2 Å². The van der Waals surface area contributed by atoms with E-state index in [-0.39, 0.29) is 12.3 Å². The number of aliphatic hydroxyl groups excluding tert-OH is 3. The lowest BCUT2D eigenvalue weighted by atomic mass is 10.1. The number of hydrogen-bond donors (Lipinski definition) is 3. The standard InChI is InChI=1S/C14H23N3O5/c1-8(2)4-9-6-17(16-15-9)7-12-13(20)10(18)5-11(19)14(21-3)22-12/h5-6,8,10,12-14,18-20H,4,7H2,1-3H3/t10-,12-,13+,14+/m1/s1. The van der Waals surface area contributed by atoms with Crippen molar-refractivity contribution < 1.29 is 24.8 Å². The Morgan fingerprint density at radius 3 is 2.77 bits per heavy atom. The number of ether oxygens (including phenoxy) is 2. The van der Waals surface area contributed by atoms with Crippen LogP contribution >= 0.6 is 0 Å². The normalized spacial score (nSPS) is 29.5. The Kier molecular flexibility index (Phi) is 5.52. The highest BCUT2D eigenvalue weighted by molar-refractivity contribution is 5.05. The summed E-state index contributed by atoms with van der Waals surface area (Å²) in [6, 6.07) is 0. The van der Waals surface area contributed by atoms with Gasteiger partial charge in [-0.1, -0.05) is 19.1 Å². The van der Waals surface area contributed by atoms with Gasteiger partial charge in [-0.25, -0.2) is 4.68 Å². The van der Waals surface area contributed by atoms with E-state index in [1.807, 2.05) is 0 Å². The van der Waals surface area contributed by atoms with Crippen LogP contribution in [0.3, 0.4) is 0 Å². The summed E-state index contributed by atoms with van der Waals surface area (Å²) >= 11 is 0. The van der Waals surface area contributed by atoms with Crippen LogP contribution in [0.15, 0.2) is 18.0 Å². The summed E-state index contributed by atoms with van der Waals surface area (Å²) in [6.45, 7) is 4.36. The fourth-order valence-corrected chi connectivity index (χ4v) is 2.33. The predicted octanol–water partition coefficient (Wildman–Crippen LogP) is 0.0116. The highest BCUT2D eigenvalue weighted by atomic mass is 16.7. The highest BCUT2D eigenvalue weighted by Crippen LogP contribution is 2.20. The quantitative estimate of drug-likeness (QED) is 0.702.